The standard InChI is InChI=1S/C19H19ClN2O/c1-13-5-9-15(10-6-13)21-17-3-2-4-18(17)22(19(21)23)16-11-7-14(20)8-12-16/h5-12,17-18H,2-4H2,1H3. The van der Waals surface area contributed by atoms with Crippen molar-refractivity contribution in [1.82, 2.24) is 0 Å². The van der Waals surface area contributed by atoms with Gasteiger partial charge in [-0.1, -0.05) is 29.3 Å². The Hall–Kier alpha value is -2.00. The molecule has 2 aromatic carbocycles. The Kier molecular flexibility index (Phi) is 3.53. The number of halogens is 1. The largest absolute Gasteiger partial charge is 0.329 e. The average Bonchev–Trinajstić information content (AvgIpc) is 3.10. The molecule has 2 fully saturated rings. The molecule has 0 spiro atoms. The fourth-order valence-corrected chi connectivity index (χ4v) is 3.96. The molecule has 2 aliphatic rings. The molecule has 0 N–H and O–H groups in total. The molecule has 4 rings (SSSR count). The highest BCUT2D eigenvalue weighted by Crippen LogP contribution is 2.41. The number of hydrogen-bond donors (Lipinski definition) is 0. The third-order valence-electron chi connectivity index (χ3n) is 4.94. The molecule has 23 heavy (non-hydrogen) atoms. The molecule has 3 nitrogen and oxygen atoms in total. The lowest BCUT2D eigenvalue weighted by Crippen LogP contribution is -2.35. The summed E-state index contributed by atoms with van der Waals surface area (Å²) in [5.74, 6) is 0. The summed E-state index contributed by atoms with van der Waals surface area (Å²) in [4.78, 5) is 17.0. The van der Waals surface area contributed by atoms with E-state index in [1.807, 2.05) is 46.2 Å². The van der Waals surface area contributed by atoms with Gasteiger partial charge in [0.2, 0.25) is 0 Å². The summed E-state index contributed by atoms with van der Waals surface area (Å²) in [6.07, 6.45) is 3.28. The number of anilines is 2. The van der Waals surface area contributed by atoms with Crippen molar-refractivity contribution in [2.75, 3.05) is 9.80 Å². The van der Waals surface area contributed by atoms with Crippen molar-refractivity contribution in [3.63, 3.8) is 0 Å². The number of nitrogens with zero attached hydrogens (tertiary/aromatic N) is 2. The zero-order valence-corrected chi connectivity index (χ0v) is 13.8. The van der Waals surface area contributed by atoms with Crippen LogP contribution in [0.3, 0.4) is 0 Å². The number of benzene rings is 2. The molecule has 1 saturated carbocycles. The number of carbonyl (C=O) groups is 1. The zero-order chi connectivity index (χ0) is 16.0. The first-order valence-electron chi connectivity index (χ1n) is 8.10. The fourth-order valence-electron chi connectivity index (χ4n) is 3.83. The molecule has 118 valence electrons. The summed E-state index contributed by atoms with van der Waals surface area (Å²) < 4.78 is 0. The van der Waals surface area contributed by atoms with E-state index >= 15 is 0 Å². The lowest BCUT2D eigenvalue weighted by Gasteiger charge is -2.22. The van der Waals surface area contributed by atoms with Crippen LogP contribution in [0.25, 0.3) is 0 Å². The van der Waals surface area contributed by atoms with E-state index in [9.17, 15) is 4.79 Å². The van der Waals surface area contributed by atoms with Crippen molar-refractivity contribution in [1.29, 1.82) is 0 Å². The van der Waals surface area contributed by atoms with E-state index in [1.54, 1.807) is 0 Å². The van der Waals surface area contributed by atoms with Crippen LogP contribution < -0.4 is 9.80 Å². The molecule has 2 aromatic rings. The van der Waals surface area contributed by atoms with Gasteiger partial charge in [-0.2, -0.15) is 0 Å². The molecule has 1 aliphatic heterocycles. The molecule has 0 bridgehead atoms. The summed E-state index contributed by atoms with van der Waals surface area (Å²) in [6.45, 7) is 2.06. The maximum atomic E-state index is 13.1. The molecular formula is C19H19ClN2O. The van der Waals surface area contributed by atoms with Crippen LogP contribution in [-0.4, -0.2) is 18.1 Å². The fraction of sp³-hybridized carbons (Fsp3) is 0.316. The smallest absolute Gasteiger partial charge is 0.289 e. The Morgan fingerprint density at radius 2 is 1.35 bits per heavy atom. The molecule has 2 amide bonds. The lowest BCUT2D eigenvalue weighted by atomic mass is 10.1. The van der Waals surface area contributed by atoms with Gasteiger partial charge in [0.05, 0.1) is 12.1 Å². The molecular weight excluding hydrogens is 308 g/mol. The summed E-state index contributed by atoms with van der Waals surface area (Å²) in [5.41, 5.74) is 3.14. The van der Waals surface area contributed by atoms with E-state index < -0.39 is 0 Å². The zero-order valence-electron chi connectivity index (χ0n) is 13.1. The van der Waals surface area contributed by atoms with Crippen LogP contribution in [-0.2, 0) is 0 Å². The van der Waals surface area contributed by atoms with Gasteiger partial charge in [-0.05, 0) is 62.6 Å². The minimum Gasteiger partial charge on any atom is -0.289 e. The summed E-state index contributed by atoms with van der Waals surface area (Å²) >= 11 is 5.99. The first-order valence-corrected chi connectivity index (χ1v) is 8.47. The number of fused-ring (bicyclic) bond motifs is 1. The minimum absolute atomic E-state index is 0.0749. The first-order chi connectivity index (χ1) is 11.1. The van der Waals surface area contributed by atoms with Crippen LogP contribution in [0.2, 0.25) is 5.02 Å². The number of urea groups is 1. The summed E-state index contributed by atoms with van der Waals surface area (Å²) in [7, 11) is 0. The van der Waals surface area contributed by atoms with Gasteiger partial charge in [0.1, 0.15) is 0 Å². The number of aryl methyl sites for hydroxylation is 1. The second kappa shape index (κ2) is 5.57. The van der Waals surface area contributed by atoms with Crippen LogP contribution in [0, 0.1) is 6.92 Å². The van der Waals surface area contributed by atoms with Gasteiger partial charge < -0.3 is 0 Å². The van der Waals surface area contributed by atoms with E-state index in [1.165, 1.54) is 5.56 Å². The van der Waals surface area contributed by atoms with Gasteiger partial charge >= 0.3 is 6.03 Å². The van der Waals surface area contributed by atoms with Crippen LogP contribution in [0.5, 0.6) is 0 Å². The molecule has 2 atom stereocenters. The number of carbonyl (C=O) groups excluding carboxylic acids is 1. The van der Waals surface area contributed by atoms with Gasteiger partial charge in [-0.15, -0.1) is 0 Å². The van der Waals surface area contributed by atoms with Crippen molar-refractivity contribution < 1.29 is 4.79 Å². The van der Waals surface area contributed by atoms with Crippen molar-refractivity contribution in [2.45, 2.75) is 38.3 Å². The summed E-state index contributed by atoms with van der Waals surface area (Å²) in [6, 6.07) is 16.4. The molecule has 4 heteroatoms. The molecule has 0 radical (unpaired) electrons. The third kappa shape index (κ3) is 2.40. The summed E-state index contributed by atoms with van der Waals surface area (Å²) in [5, 5.41) is 0.693. The lowest BCUT2D eigenvalue weighted by molar-refractivity contribution is 0.254. The van der Waals surface area contributed by atoms with Crippen molar-refractivity contribution >= 4 is 29.0 Å². The SMILES string of the molecule is Cc1ccc(N2C(=O)N(c3ccc(Cl)cc3)C3CCCC32)cc1. The van der Waals surface area contributed by atoms with Gasteiger partial charge in [0, 0.05) is 16.4 Å². The van der Waals surface area contributed by atoms with Crippen molar-refractivity contribution in [3.8, 4) is 0 Å². The van der Waals surface area contributed by atoms with Crippen molar-refractivity contribution in [3.05, 3.63) is 59.1 Å². The Balaban J connectivity index is 1.73. The quantitative estimate of drug-likeness (QED) is 0.760. The molecule has 1 heterocycles. The maximum absolute atomic E-state index is 13.1. The Labute approximate surface area is 141 Å². The monoisotopic (exact) mass is 326 g/mol. The van der Waals surface area contributed by atoms with E-state index in [0.717, 1.165) is 30.6 Å². The highest BCUT2D eigenvalue weighted by molar-refractivity contribution is 6.30. The molecule has 1 saturated heterocycles. The second-order valence-electron chi connectivity index (χ2n) is 6.40. The highest BCUT2D eigenvalue weighted by Gasteiger charge is 2.49. The number of amides is 2. The number of hydrogen-bond acceptors (Lipinski definition) is 1. The Bertz CT molecular complexity index is 665. The van der Waals surface area contributed by atoms with Gasteiger partial charge in [-0.25, -0.2) is 4.79 Å². The van der Waals surface area contributed by atoms with E-state index in [2.05, 4.69) is 19.1 Å². The van der Waals surface area contributed by atoms with Gasteiger partial charge in [0.25, 0.3) is 0 Å². The van der Waals surface area contributed by atoms with Crippen LogP contribution in [0.1, 0.15) is 24.8 Å². The predicted molar refractivity (Wildman–Crippen MR) is 94.4 cm³/mol. The van der Waals surface area contributed by atoms with E-state index in [4.69, 9.17) is 11.6 Å². The third-order valence-corrected chi connectivity index (χ3v) is 5.19. The van der Waals surface area contributed by atoms with Crippen LogP contribution in [0.15, 0.2) is 48.5 Å². The van der Waals surface area contributed by atoms with E-state index in [0.29, 0.717) is 5.02 Å². The maximum Gasteiger partial charge on any atom is 0.329 e. The predicted octanol–water partition coefficient (Wildman–Crippen LogP) is 5.02. The highest BCUT2D eigenvalue weighted by atomic mass is 35.5. The normalized spacial score (nSPS) is 23.5. The molecule has 2 unspecified atom stereocenters. The number of rotatable bonds is 2. The van der Waals surface area contributed by atoms with Crippen LogP contribution >= 0.6 is 11.6 Å². The van der Waals surface area contributed by atoms with Gasteiger partial charge in [0.15, 0.2) is 0 Å². The Morgan fingerprint density at radius 1 is 0.870 bits per heavy atom. The minimum atomic E-state index is 0.0749. The Morgan fingerprint density at radius 3 is 1.87 bits per heavy atom. The van der Waals surface area contributed by atoms with E-state index in [-0.39, 0.29) is 18.1 Å². The van der Waals surface area contributed by atoms with Crippen molar-refractivity contribution in [2.24, 2.45) is 0 Å². The topological polar surface area (TPSA) is 23.6 Å². The second-order valence-corrected chi connectivity index (χ2v) is 6.84. The molecule has 0 aromatic heterocycles. The van der Waals surface area contributed by atoms with Gasteiger partial charge in [-0.3, -0.25) is 9.80 Å². The first kappa shape index (κ1) is 14.6. The average molecular weight is 327 g/mol. The molecule has 1 aliphatic carbocycles. The van der Waals surface area contributed by atoms with Crippen LogP contribution in [0.4, 0.5) is 16.2 Å².